The second-order valence-corrected chi connectivity index (χ2v) is 6.21. The molecule has 0 aromatic heterocycles. The van der Waals surface area contributed by atoms with Gasteiger partial charge in [-0.1, -0.05) is 0 Å². The van der Waals surface area contributed by atoms with Crippen LogP contribution in [0.1, 0.15) is 12.5 Å². The third-order valence-corrected chi connectivity index (χ3v) is 4.31. The minimum absolute atomic E-state index is 0.0318. The zero-order chi connectivity index (χ0) is 14.5. The molecule has 0 saturated carbocycles. The lowest BCUT2D eigenvalue weighted by atomic mass is 10.1. The summed E-state index contributed by atoms with van der Waals surface area (Å²) in [6.45, 7) is 4.84. The maximum atomic E-state index is 11.4. The molecule has 0 aliphatic rings. The Morgan fingerprint density at radius 2 is 2.05 bits per heavy atom. The Morgan fingerprint density at radius 1 is 1.37 bits per heavy atom. The third-order valence-electron chi connectivity index (χ3n) is 2.97. The minimum atomic E-state index is -3.22. The van der Waals surface area contributed by atoms with Crippen molar-refractivity contribution < 1.29 is 8.42 Å². The molecule has 0 unspecified atom stereocenters. The number of rotatable bonds is 7. The van der Waals surface area contributed by atoms with Crippen LogP contribution in [0.2, 0.25) is 0 Å². The Balaban J connectivity index is 2.86. The smallest absolute Gasteiger partial charge is 0.213 e. The SMILES string of the molecule is CCN(CCS(=O)(=O)NC)c1ccc(N=O)c(C)c1. The fourth-order valence-corrected chi connectivity index (χ4v) is 2.41. The molecule has 1 N–H and O–H groups in total. The molecule has 0 aliphatic carbocycles. The molecule has 0 amide bonds. The molecule has 106 valence electrons. The van der Waals surface area contributed by atoms with Crippen LogP contribution in [0.15, 0.2) is 23.4 Å². The summed E-state index contributed by atoms with van der Waals surface area (Å²) < 4.78 is 25.1. The van der Waals surface area contributed by atoms with Crippen molar-refractivity contribution in [2.24, 2.45) is 5.18 Å². The number of anilines is 1. The van der Waals surface area contributed by atoms with Crippen LogP contribution in [0.3, 0.4) is 0 Å². The molecule has 1 aromatic rings. The first-order valence-electron chi connectivity index (χ1n) is 6.03. The highest BCUT2D eigenvalue weighted by molar-refractivity contribution is 7.89. The van der Waals surface area contributed by atoms with Crippen molar-refractivity contribution in [3.8, 4) is 0 Å². The lowest BCUT2D eigenvalue weighted by Crippen LogP contribution is -2.33. The molecule has 0 radical (unpaired) electrons. The summed E-state index contributed by atoms with van der Waals surface area (Å²) in [6, 6.07) is 5.26. The Hall–Kier alpha value is -1.47. The molecular formula is C12H19N3O3S. The third kappa shape index (κ3) is 4.29. The van der Waals surface area contributed by atoms with E-state index in [4.69, 9.17) is 0 Å². The summed E-state index contributed by atoms with van der Waals surface area (Å²) in [5.41, 5.74) is 2.07. The van der Waals surface area contributed by atoms with E-state index in [9.17, 15) is 13.3 Å². The lowest BCUT2D eigenvalue weighted by Gasteiger charge is -2.23. The average Bonchev–Trinajstić information content (AvgIpc) is 2.39. The van der Waals surface area contributed by atoms with Crippen molar-refractivity contribution in [3.05, 3.63) is 28.7 Å². The molecule has 0 atom stereocenters. The van der Waals surface area contributed by atoms with E-state index in [1.54, 1.807) is 19.1 Å². The predicted molar refractivity (Wildman–Crippen MR) is 77.4 cm³/mol. The number of hydrogen-bond donors (Lipinski definition) is 1. The van der Waals surface area contributed by atoms with E-state index in [2.05, 4.69) is 9.90 Å². The maximum absolute atomic E-state index is 11.4. The van der Waals surface area contributed by atoms with Crippen LogP contribution in [0.5, 0.6) is 0 Å². The van der Waals surface area contributed by atoms with Crippen molar-refractivity contribution >= 4 is 21.4 Å². The summed E-state index contributed by atoms with van der Waals surface area (Å²) in [5.74, 6) is 0.0318. The van der Waals surface area contributed by atoms with Gasteiger partial charge >= 0.3 is 0 Å². The number of nitrogens with zero attached hydrogens (tertiary/aromatic N) is 2. The van der Waals surface area contributed by atoms with Gasteiger partial charge in [-0.2, -0.15) is 0 Å². The van der Waals surface area contributed by atoms with Gasteiger partial charge in [-0.25, -0.2) is 13.1 Å². The van der Waals surface area contributed by atoms with E-state index >= 15 is 0 Å². The summed E-state index contributed by atoms with van der Waals surface area (Å²) in [7, 11) is -1.81. The van der Waals surface area contributed by atoms with E-state index in [1.165, 1.54) is 7.05 Å². The predicted octanol–water partition coefficient (Wildman–Crippen LogP) is 1.77. The summed E-state index contributed by atoms with van der Waals surface area (Å²) in [4.78, 5) is 12.5. The highest BCUT2D eigenvalue weighted by atomic mass is 32.2. The van der Waals surface area contributed by atoms with Gasteiger partial charge in [0.05, 0.1) is 5.75 Å². The van der Waals surface area contributed by atoms with Crippen LogP contribution in [0.4, 0.5) is 11.4 Å². The van der Waals surface area contributed by atoms with Crippen molar-refractivity contribution in [2.75, 3.05) is 30.8 Å². The van der Waals surface area contributed by atoms with Crippen LogP contribution in [-0.4, -0.2) is 34.3 Å². The summed E-state index contributed by atoms with van der Waals surface area (Å²) in [5, 5.41) is 2.92. The Bertz CT molecular complexity index is 543. The van der Waals surface area contributed by atoms with Gasteiger partial charge < -0.3 is 4.90 Å². The topological polar surface area (TPSA) is 78.8 Å². The zero-order valence-electron chi connectivity index (χ0n) is 11.4. The van der Waals surface area contributed by atoms with E-state index < -0.39 is 10.0 Å². The van der Waals surface area contributed by atoms with Crippen LogP contribution >= 0.6 is 0 Å². The molecule has 0 bridgehead atoms. The highest BCUT2D eigenvalue weighted by Crippen LogP contribution is 2.24. The molecule has 1 rings (SSSR count). The van der Waals surface area contributed by atoms with Crippen molar-refractivity contribution in [1.29, 1.82) is 0 Å². The monoisotopic (exact) mass is 285 g/mol. The lowest BCUT2D eigenvalue weighted by molar-refractivity contribution is 0.587. The second kappa shape index (κ2) is 6.63. The number of sulfonamides is 1. The van der Waals surface area contributed by atoms with Gasteiger partial charge in [-0.05, 0) is 49.8 Å². The molecule has 0 saturated heterocycles. The van der Waals surface area contributed by atoms with Crippen LogP contribution < -0.4 is 9.62 Å². The van der Waals surface area contributed by atoms with Crippen LogP contribution in [-0.2, 0) is 10.0 Å². The van der Waals surface area contributed by atoms with Crippen molar-refractivity contribution in [1.82, 2.24) is 4.72 Å². The fraction of sp³-hybridized carbons (Fsp3) is 0.500. The number of nitroso groups, excluding NO2 is 1. The second-order valence-electron chi connectivity index (χ2n) is 4.16. The Labute approximate surface area is 113 Å². The number of benzene rings is 1. The average molecular weight is 285 g/mol. The molecule has 0 heterocycles. The van der Waals surface area contributed by atoms with Gasteiger partial charge in [0.25, 0.3) is 0 Å². The fourth-order valence-electron chi connectivity index (χ4n) is 1.74. The normalized spacial score (nSPS) is 11.3. The van der Waals surface area contributed by atoms with Gasteiger partial charge in [0.1, 0.15) is 5.69 Å². The first-order valence-corrected chi connectivity index (χ1v) is 7.69. The Kier molecular flexibility index (Phi) is 5.44. The van der Waals surface area contributed by atoms with E-state index in [-0.39, 0.29) is 5.75 Å². The number of aryl methyl sites for hydroxylation is 1. The molecular weight excluding hydrogens is 266 g/mol. The molecule has 0 aliphatic heterocycles. The van der Waals surface area contributed by atoms with E-state index in [0.29, 0.717) is 18.8 Å². The van der Waals surface area contributed by atoms with Crippen molar-refractivity contribution in [3.63, 3.8) is 0 Å². The summed E-state index contributed by atoms with van der Waals surface area (Å²) >= 11 is 0. The number of nitrogens with one attached hydrogen (secondary N) is 1. The van der Waals surface area contributed by atoms with Gasteiger partial charge in [-0.3, -0.25) is 0 Å². The van der Waals surface area contributed by atoms with E-state index in [0.717, 1.165) is 11.3 Å². The molecule has 19 heavy (non-hydrogen) atoms. The first kappa shape index (κ1) is 15.6. The molecule has 0 fully saturated rings. The van der Waals surface area contributed by atoms with Gasteiger partial charge in [-0.15, -0.1) is 4.91 Å². The largest absolute Gasteiger partial charge is 0.371 e. The van der Waals surface area contributed by atoms with Crippen LogP contribution in [0.25, 0.3) is 0 Å². The van der Waals surface area contributed by atoms with Crippen molar-refractivity contribution in [2.45, 2.75) is 13.8 Å². The van der Waals surface area contributed by atoms with Gasteiger partial charge in [0.2, 0.25) is 10.0 Å². The van der Waals surface area contributed by atoms with E-state index in [1.807, 2.05) is 17.9 Å². The first-order chi connectivity index (χ1) is 8.93. The molecule has 1 aromatic carbocycles. The quantitative estimate of drug-likeness (QED) is 0.774. The zero-order valence-corrected chi connectivity index (χ0v) is 12.2. The van der Waals surface area contributed by atoms with Gasteiger partial charge in [0, 0.05) is 18.8 Å². The maximum Gasteiger partial charge on any atom is 0.213 e. The van der Waals surface area contributed by atoms with Crippen LogP contribution in [0, 0.1) is 11.8 Å². The minimum Gasteiger partial charge on any atom is -0.371 e. The standard InChI is InChI=1S/C12H19N3O3S/c1-4-15(7-8-19(17,18)13-3)11-5-6-12(14-16)10(2)9-11/h5-6,9,13H,4,7-8H2,1-3H3. The number of hydrogen-bond acceptors (Lipinski definition) is 5. The summed E-state index contributed by atoms with van der Waals surface area (Å²) in [6.07, 6.45) is 0. The Morgan fingerprint density at radius 3 is 2.53 bits per heavy atom. The van der Waals surface area contributed by atoms with Gasteiger partial charge in [0.15, 0.2) is 0 Å². The highest BCUT2D eigenvalue weighted by Gasteiger charge is 2.12. The molecule has 6 nitrogen and oxygen atoms in total. The molecule has 0 spiro atoms. The molecule has 7 heteroatoms.